The van der Waals surface area contributed by atoms with Crippen LogP contribution in [0, 0.1) is 0 Å². The van der Waals surface area contributed by atoms with E-state index in [2.05, 4.69) is 180 Å². The maximum atomic E-state index is 6.88. The fourth-order valence-corrected chi connectivity index (χ4v) is 9.96. The molecule has 2 aliphatic rings. The number of rotatable bonds is 6. The molecule has 6 heteroatoms. The van der Waals surface area contributed by atoms with Crippen LogP contribution < -0.4 is 19.3 Å². The van der Waals surface area contributed by atoms with Gasteiger partial charge in [-0.25, -0.2) is 0 Å². The molecule has 0 amide bonds. The summed E-state index contributed by atoms with van der Waals surface area (Å²) in [7, 11) is 0. The molecule has 300 valence electrons. The monoisotopic (exact) mass is 822 g/mol. The molecule has 0 N–H and O–H groups in total. The van der Waals surface area contributed by atoms with Gasteiger partial charge in [-0.1, -0.05) is 72.8 Å². The number of anilines is 6. The molecule has 12 aromatic rings. The smallest absolute Gasteiger partial charge is 0.137 e. The second-order valence-corrected chi connectivity index (χ2v) is 16.4. The Hall–Kier alpha value is -8.74. The van der Waals surface area contributed by atoms with Crippen LogP contribution in [0.1, 0.15) is 0 Å². The van der Waals surface area contributed by atoms with Gasteiger partial charge in [-0.05, 0) is 132 Å². The molecule has 4 heterocycles. The van der Waals surface area contributed by atoms with E-state index < -0.39 is 0 Å². The molecule has 2 aliphatic heterocycles. The summed E-state index contributed by atoms with van der Waals surface area (Å²) < 4.78 is 26.2. The molecule has 0 bridgehead atoms. The molecule has 2 aromatic heterocycles. The summed E-state index contributed by atoms with van der Waals surface area (Å²) >= 11 is 0. The van der Waals surface area contributed by atoms with Crippen LogP contribution in [0.15, 0.2) is 215 Å². The Labute approximate surface area is 367 Å². The fourth-order valence-electron chi connectivity index (χ4n) is 9.96. The number of nitrogens with zero attached hydrogens (tertiary/aromatic N) is 2. The van der Waals surface area contributed by atoms with Crippen molar-refractivity contribution in [3.8, 4) is 45.3 Å². The van der Waals surface area contributed by atoms with Gasteiger partial charge >= 0.3 is 0 Å². The van der Waals surface area contributed by atoms with Crippen molar-refractivity contribution in [1.82, 2.24) is 0 Å². The minimum atomic E-state index is 0.799. The number of para-hydroxylation sites is 4. The Kier molecular flexibility index (Phi) is 7.30. The Morgan fingerprint density at radius 3 is 1.09 bits per heavy atom. The molecule has 0 fully saturated rings. The summed E-state index contributed by atoms with van der Waals surface area (Å²) in [5.74, 6) is 3.21. The highest BCUT2D eigenvalue weighted by Crippen LogP contribution is 2.56. The van der Waals surface area contributed by atoms with E-state index in [4.69, 9.17) is 18.3 Å². The third-order valence-electron chi connectivity index (χ3n) is 12.8. The predicted octanol–water partition coefficient (Wildman–Crippen LogP) is 17.1. The minimum absolute atomic E-state index is 0.799. The highest BCUT2D eigenvalue weighted by atomic mass is 16.5. The largest absolute Gasteiger partial charge is 0.456 e. The fraction of sp³-hybridized carbons (Fsp3) is 0. The molecule has 0 atom stereocenters. The van der Waals surface area contributed by atoms with Crippen molar-refractivity contribution >= 4 is 88.8 Å². The number of ether oxygens (including phenoxy) is 2. The van der Waals surface area contributed by atoms with Crippen LogP contribution in [0.5, 0.6) is 23.0 Å². The van der Waals surface area contributed by atoms with Crippen molar-refractivity contribution in [2.24, 2.45) is 0 Å². The quantitative estimate of drug-likeness (QED) is 0.166. The Balaban J connectivity index is 0.861. The third kappa shape index (κ3) is 5.20. The van der Waals surface area contributed by atoms with Gasteiger partial charge in [0.1, 0.15) is 45.3 Å². The molecular formula is C58H34N2O4. The third-order valence-corrected chi connectivity index (χ3v) is 12.8. The van der Waals surface area contributed by atoms with Crippen LogP contribution >= 0.6 is 0 Å². The van der Waals surface area contributed by atoms with Crippen molar-refractivity contribution < 1.29 is 18.3 Å². The van der Waals surface area contributed by atoms with Crippen LogP contribution in [-0.2, 0) is 0 Å². The van der Waals surface area contributed by atoms with E-state index >= 15 is 0 Å². The average molecular weight is 823 g/mol. The molecule has 0 unspecified atom stereocenters. The summed E-state index contributed by atoms with van der Waals surface area (Å²) in [6.07, 6.45) is 0. The zero-order chi connectivity index (χ0) is 41.9. The van der Waals surface area contributed by atoms with E-state index in [1.54, 1.807) is 0 Å². The van der Waals surface area contributed by atoms with Gasteiger partial charge in [0, 0.05) is 89.7 Å². The topological polar surface area (TPSA) is 51.2 Å². The average Bonchev–Trinajstić information content (AvgIpc) is 3.91. The van der Waals surface area contributed by atoms with E-state index in [1.165, 1.54) is 0 Å². The molecule has 64 heavy (non-hydrogen) atoms. The zero-order valence-electron chi connectivity index (χ0n) is 34.2. The molecular weight excluding hydrogens is 789 g/mol. The van der Waals surface area contributed by atoms with Crippen LogP contribution in [0.25, 0.3) is 76.9 Å². The maximum absolute atomic E-state index is 6.88. The first-order valence-electron chi connectivity index (χ1n) is 21.5. The van der Waals surface area contributed by atoms with E-state index in [1.807, 2.05) is 36.4 Å². The molecule has 0 aliphatic carbocycles. The first-order chi connectivity index (χ1) is 31.7. The zero-order valence-corrected chi connectivity index (χ0v) is 34.2. The van der Waals surface area contributed by atoms with Crippen LogP contribution in [-0.4, -0.2) is 0 Å². The number of hydrogen-bond acceptors (Lipinski definition) is 6. The second-order valence-electron chi connectivity index (χ2n) is 16.4. The van der Waals surface area contributed by atoms with Crippen molar-refractivity contribution in [1.29, 1.82) is 0 Å². The van der Waals surface area contributed by atoms with E-state index in [0.29, 0.717) is 0 Å². The van der Waals surface area contributed by atoms with Crippen LogP contribution in [0.3, 0.4) is 0 Å². The van der Waals surface area contributed by atoms with Gasteiger partial charge in [-0.3, -0.25) is 0 Å². The van der Waals surface area contributed by atoms with Gasteiger partial charge in [0.15, 0.2) is 0 Å². The highest BCUT2D eigenvalue weighted by molar-refractivity contribution is 6.15. The lowest BCUT2D eigenvalue weighted by Crippen LogP contribution is -2.11. The summed E-state index contributed by atoms with van der Waals surface area (Å²) in [6.45, 7) is 0. The molecule has 10 aromatic carbocycles. The van der Waals surface area contributed by atoms with Crippen molar-refractivity contribution in [3.63, 3.8) is 0 Å². The Morgan fingerprint density at radius 1 is 0.250 bits per heavy atom. The SMILES string of the molecule is c1ccc(N(c2ccc3c(c2)Oc2ccc4c5c(ccc-3c25)Oc2cc(N(c3ccccc3)c3ccc5oc6ccccc6c5c3)ccc2-4)c2ccc3oc4ccccc4c3c2)cc1. The van der Waals surface area contributed by atoms with Gasteiger partial charge in [0.2, 0.25) is 0 Å². The first kappa shape index (κ1) is 34.9. The van der Waals surface area contributed by atoms with Crippen molar-refractivity contribution in [2.75, 3.05) is 9.80 Å². The number of furan rings is 2. The molecule has 14 rings (SSSR count). The molecule has 0 saturated carbocycles. The summed E-state index contributed by atoms with van der Waals surface area (Å²) in [5, 5.41) is 6.44. The lowest BCUT2D eigenvalue weighted by Gasteiger charge is -2.30. The number of hydrogen-bond donors (Lipinski definition) is 0. The Bertz CT molecular complexity index is 3620. The maximum Gasteiger partial charge on any atom is 0.137 e. The van der Waals surface area contributed by atoms with Crippen LogP contribution in [0.2, 0.25) is 0 Å². The molecule has 0 saturated heterocycles. The number of fused-ring (bicyclic) bond motifs is 10. The van der Waals surface area contributed by atoms with Gasteiger partial charge in [-0.2, -0.15) is 0 Å². The van der Waals surface area contributed by atoms with Gasteiger partial charge in [-0.15, -0.1) is 0 Å². The lowest BCUT2D eigenvalue weighted by atomic mass is 9.88. The van der Waals surface area contributed by atoms with Gasteiger partial charge < -0.3 is 28.1 Å². The number of benzene rings is 10. The van der Waals surface area contributed by atoms with Crippen molar-refractivity contribution in [3.05, 3.63) is 206 Å². The summed E-state index contributed by atoms with van der Waals surface area (Å²) in [6, 6.07) is 71.7. The second kappa shape index (κ2) is 13.4. The van der Waals surface area contributed by atoms with Gasteiger partial charge in [0.05, 0.1) is 0 Å². The summed E-state index contributed by atoms with van der Waals surface area (Å²) in [5.41, 5.74) is 13.9. The van der Waals surface area contributed by atoms with E-state index in [9.17, 15) is 0 Å². The first-order valence-corrected chi connectivity index (χ1v) is 21.5. The molecule has 0 radical (unpaired) electrons. The molecule has 0 spiro atoms. The summed E-state index contributed by atoms with van der Waals surface area (Å²) in [4.78, 5) is 4.55. The predicted molar refractivity (Wildman–Crippen MR) is 259 cm³/mol. The highest BCUT2D eigenvalue weighted by Gasteiger charge is 2.30. The van der Waals surface area contributed by atoms with E-state index in [0.717, 1.165) is 134 Å². The lowest BCUT2D eigenvalue weighted by molar-refractivity contribution is 0.480. The van der Waals surface area contributed by atoms with Crippen molar-refractivity contribution in [2.45, 2.75) is 0 Å². The standard InChI is InChI=1S/C58H34N2O4/c1-3-11-35(12-4-1)59(37-21-27-51-47(31-37)41-15-7-9-17-49(41)61-51)39-19-23-43-45-25-30-54-58-46(26-29-53(57(45)58)63-55(43)33-39)44-24-20-40(34-56(44)64-54)60(36-13-5-2-6-14-36)38-22-28-52-48(32-38)42-16-8-10-18-50(42)62-52/h1-34H. The Morgan fingerprint density at radius 2 is 0.625 bits per heavy atom. The van der Waals surface area contributed by atoms with Gasteiger partial charge in [0.25, 0.3) is 0 Å². The molecule has 6 nitrogen and oxygen atoms in total. The normalized spacial score (nSPS) is 12.3. The minimum Gasteiger partial charge on any atom is -0.456 e. The van der Waals surface area contributed by atoms with E-state index in [-0.39, 0.29) is 0 Å². The van der Waals surface area contributed by atoms with Crippen LogP contribution in [0.4, 0.5) is 34.1 Å².